The standard InChI is InChI=1S/C14H19N3O2.ClH/c1-9(7-15)14(19)17-8-11-5-3-2-4-10(11)6-12(17)13(16)18;/h2-5,9,12H,6-8,15H2,1H3,(H2,16,18);1H. The van der Waals surface area contributed by atoms with Gasteiger partial charge in [0.25, 0.3) is 0 Å². The van der Waals surface area contributed by atoms with E-state index in [1.807, 2.05) is 24.3 Å². The molecule has 2 rings (SSSR count). The number of nitrogens with zero attached hydrogens (tertiary/aromatic N) is 1. The zero-order valence-corrected chi connectivity index (χ0v) is 12.2. The fourth-order valence-electron chi connectivity index (χ4n) is 2.39. The second-order valence-electron chi connectivity index (χ2n) is 4.99. The number of rotatable bonds is 3. The van der Waals surface area contributed by atoms with Crippen molar-refractivity contribution in [2.24, 2.45) is 17.4 Å². The molecule has 1 heterocycles. The Morgan fingerprint density at radius 3 is 2.50 bits per heavy atom. The van der Waals surface area contributed by atoms with Gasteiger partial charge in [0.2, 0.25) is 11.8 Å². The highest BCUT2D eigenvalue weighted by Crippen LogP contribution is 2.24. The van der Waals surface area contributed by atoms with Crippen LogP contribution < -0.4 is 11.5 Å². The van der Waals surface area contributed by atoms with E-state index in [2.05, 4.69) is 0 Å². The minimum Gasteiger partial charge on any atom is -0.368 e. The van der Waals surface area contributed by atoms with Gasteiger partial charge in [0, 0.05) is 25.4 Å². The summed E-state index contributed by atoms with van der Waals surface area (Å²) in [5.74, 6) is -0.875. The number of primary amides is 1. The average Bonchev–Trinajstić information content (AvgIpc) is 2.44. The molecule has 0 saturated heterocycles. The van der Waals surface area contributed by atoms with Crippen LogP contribution in [0.5, 0.6) is 0 Å². The van der Waals surface area contributed by atoms with Gasteiger partial charge in [-0.05, 0) is 11.1 Å². The number of carbonyl (C=O) groups is 2. The number of amides is 2. The highest BCUT2D eigenvalue weighted by Gasteiger charge is 2.34. The summed E-state index contributed by atoms with van der Waals surface area (Å²) in [5.41, 5.74) is 13.1. The first kappa shape index (κ1) is 16.5. The van der Waals surface area contributed by atoms with Crippen LogP contribution in [0.25, 0.3) is 0 Å². The van der Waals surface area contributed by atoms with Crippen molar-refractivity contribution < 1.29 is 9.59 Å². The van der Waals surface area contributed by atoms with E-state index < -0.39 is 11.9 Å². The van der Waals surface area contributed by atoms with Gasteiger partial charge in [-0.15, -0.1) is 12.4 Å². The molecule has 0 spiro atoms. The lowest BCUT2D eigenvalue weighted by Gasteiger charge is -2.36. The molecule has 4 N–H and O–H groups in total. The van der Waals surface area contributed by atoms with E-state index in [4.69, 9.17) is 11.5 Å². The molecule has 20 heavy (non-hydrogen) atoms. The molecule has 1 aromatic rings. The van der Waals surface area contributed by atoms with Gasteiger partial charge in [-0.25, -0.2) is 0 Å². The van der Waals surface area contributed by atoms with Crippen LogP contribution in [0, 0.1) is 5.92 Å². The van der Waals surface area contributed by atoms with E-state index in [-0.39, 0.29) is 30.8 Å². The highest BCUT2D eigenvalue weighted by atomic mass is 35.5. The Kier molecular flexibility index (Phi) is 5.53. The first-order valence-electron chi connectivity index (χ1n) is 6.41. The fraction of sp³-hybridized carbons (Fsp3) is 0.429. The van der Waals surface area contributed by atoms with Gasteiger partial charge in [0.05, 0.1) is 0 Å². The Labute approximate surface area is 124 Å². The maximum atomic E-state index is 12.3. The van der Waals surface area contributed by atoms with E-state index in [1.54, 1.807) is 11.8 Å². The lowest BCUT2D eigenvalue weighted by atomic mass is 9.92. The molecule has 2 atom stereocenters. The molecule has 0 bridgehead atoms. The van der Waals surface area contributed by atoms with Gasteiger partial charge in [0.15, 0.2) is 0 Å². The summed E-state index contributed by atoms with van der Waals surface area (Å²) in [7, 11) is 0. The molecule has 1 aromatic carbocycles. The topological polar surface area (TPSA) is 89.4 Å². The molecular formula is C14H20ClN3O2. The molecule has 2 unspecified atom stereocenters. The smallest absolute Gasteiger partial charge is 0.240 e. The van der Waals surface area contributed by atoms with Gasteiger partial charge in [0.1, 0.15) is 6.04 Å². The SMILES string of the molecule is CC(CN)C(=O)N1Cc2ccccc2CC1C(N)=O.Cl. The lowest BCUT2D eigenvalue weighted by Crippen LogP contribution is -2.53. The van der Waals surface area contributed by atoms with Gasteiger partial charge in [-0.3, -0.25) is 9.59 Å². The first-order chi connectivity index (χ1) is 9.04. The van der Waals surface area contributed by atoms with Crippen LogP contribution in [0.15, 0.2) is 24.3 Å². The van der Waals surface area contributed by atoms with E-state index >= 15 is 0 Å². The molecule has 2 amide bonds. The minimum absolute atomic E-state index is 0. The van der Waals surface area contributed by atoms with E-state index in [9.17, 15) is 9.59 Å². The summed E-state index contributed by atoms with van der Waals surface area (Å²) in [6.45, 7) is 2.45. The zero-order valence-electron chi connectivity index (χ0n) is 11.4. The lowest BCUT2D eigenvalue weighted by molar-refractivity contribution is -0.143. The third kappa shape index (κ3) is 3.11. The van der Waals surface area contributed by atoms with Crippen molar-refractivity contribution in [3.05, 3.63) is 35.4 Å². The quantitative estimate of drug-likeness (QED) is 0.848. The molecule has 0 saturated carbocycles. The molecular weight excluding hydrogens is 278 g/mol. The third-order valence-electron chi connectivity index (χ3n) is 3.64. The Bertz CT molecular complexity index is 507. The van der Waals surface area contributed by atoms with Gasteiger partial charge >= 0.3 is 0 Å². The number of fused-ring (bicyclic) bond motifs is 1. The van der Waals surface area contributed by atoms with Crippen LogP contribution in [-0.4, -0.2) is 29.3 Å². The van der Waals surface area contributed by atoms with Crippen LogP contribution in [0.2, 0.25) is 0 Å². The van der Waals surface area contributed by atoms with Crippen LogP contribution >= 0.6 is 12.4 Å². The van der Waals surface area contributed by atoms with Crippen molar-refractivity contribution >= 4 is 24.2 Å². The van der Waals surface area contributed by atoms with Crippen LogP contribution in [0.4, 0.5) is 0 Å². The number of benzene rings is 1. The molecule has 0 fully saturated rings. The maximum absolute atomic E-state index is 12.3. The molecule has 0 aliphatic carbocycles. The van der Waals surface area contributed by atoms with E-state index in [1.165, 1.54) is 0 Å². The second-order valence-corrected chi connectivity index (χ2v) is 4.99. The number of carbonyl (C=O) groups excluding carboxylic acids is 2. The van der Waals surface area contributed by atoms with Crippen molar-refractivity contribution in [1.82, 2.24) is 4.90 Å². The van der Waals surface area contributed by atoms with Crippen molar-refractivity contribution in [2.75, 3.05) is 6.54 Å². The van der Waals surface area contributed by atoms with Crippen LogP contribution in [0.1, 0.15) is 18.1 Å². The predicted octanol–water partition coefficient (Wildman–Crippen LogP) is 0.442. The Morgan fingerprint density at radius 1 is 1.35 bits per heavy atom. The average molecular weight is 298 g/mol. The monoisotopic (exact) mass is 297 g/mol. The number of halogens is 1. The van der Waals surface area contributed by atoms with Crippen molar-refractivity contribution in [2.45, 2.75) is 25.9 Å². The Morgan fingerprint density at radius 2 is 1.95 bits per heavy atom. The molecule has 0 aromatic heterocycles. The predicted molar refractivity (Wildman–Crippen MR) is 79.1 cm³/mol. The fourth-order valence-corrected chi connectivity index (χ4v) is 2.39. The Balaban J connectivity index is 0.00000200. The van der Waals surface area contributed by atoms with Crippen LogP contribution in [0.3, 0.4) is 0 Å². The van der Waals surface area contributed by atoms with Crippen molar-refractivity contribution in [1.29, 1.82) is 0 Å². The second kappa shape index (κ2) is 6.72. The van der Waals surface area contributed by atoms with E-state index in [0.29, 0.717) is 13.0 Å². The summed E-state index contributed by atoms with van der Waals surface area (Å²) in [4.78, 5) is 25.4. The third-order valence-corrected chi connectivity index (χ3v) is 3.64. The van der Waals surface area contributed by atoms with Crippen molar-refractivity contribution in [3.63, 3.8) is 0 Å². The Hall–Kier alpha value is -1.59. The largest absolute Gasteiger partial charge is 0.368 e. The van der Waals surface area contributed by atoms with E-state index in [0.717, 1.165) is 11.1 Å². The number of hydrogen-bond donors (Lipinski definition) is 2. The summed E-state index contributed by atoms with van der Waals surface area (Å²) >= 11 is 0. The molecule has 1 aliphatic rings. The number of hydrogen-bond acceptors (Lipinski definition) is 3. The molecule has 1 aliphatic heterocycles. The summed E-state index contributed by atoms with van der Waals surface area (Å²) in [6, 6.07) is 7.23. The molecule has 0 radical (unpaired) electrons. The molecule has 5 nitrogen and oxygen atoms in total. The van der Waals surface area contributed by atoms with Crippen molar-refractivity contribution in [3.8, 4) is 0 Å². The van der Waals surface area contributed by atoms with Gasteiger partial charge < -0.3 is 16.4 Å². The number of nitrogens with two attached hydrogens (primary N) is 2. The van der Waals surface area contributed by atoms with Gasteiger partial charge in [-0.1, -0.05) is 31.2 Å². The molecule has 110 valence electrons. The minimum atomic E-state index is -0.573. The van der Waals surface area contributed by atoms with Gasteiger partial charge in [-0.2, -0.15) is 0 Å². The van der Waals surface area contributed by atoms with Crippen LogP contribution in [-0.2, 0) is 22.6 Å². The normalized spacial score (nSPS) is 18.7. The summed E-state index contributed by atoms with van der Waals surface area (Å²) in [6.07, 6.45) is 0.481. The highest BCUT2D eigenvalue weighted by molar-refractivity contribution is 5.88. The summed E-state index contributed by atoms with van der Waals surface area (Å²) in [5, 5.41) is 0. The maximum Gasteiger partial charge on any atom is 0.240 e. The summed E-state index contributed by atoms with van der Waals surface area (Å²) < 4.78 is 0. The zero-order chi connectivity index (χ0) is 14.0. The first-order valence-corrected chi connectivity index (χ1v) is 6.41. The molecule has 6 heteroatoms.